The van der Waals surface area contributed by atoms with Crippen LogP contribution in [0.3, 0.4) is 0 Å². The molecule has 0 saturated heterocycles. The largest absolute Gasteiger partial charge is 0.487 e. The monoisotopic (exact) mass is 250 g/mol. The molecule has 18 heavy (non-hydrogen) atoms. The van der Waals surface area contributed by atoms with Gasteiger partial charge in [-0.1, -0.05) is 0 Å². The molecule has 4 nitrogen and oxygen atoms in total. The number of fused-ring (bicyclic) bond motifs is 1. The fourth-order valence-electron chi connectivity index (χ4n) is 1.87. The summed E-state index contributed by atoms with van der Waals surface area (Å²) in [6.45, 7) is 0.699. The maximum Gasteiger partial charge on any atom is 0.253 e. The molecule has 0 spiro atoms. The molecule has 1 heterocycles. The number of likely N-dealkylation sites (N-methyl/N-ethyl adjacent to an activating group) is 1. The summed E-state index contributed by atoms with van der Waals surface area (Å²) in [6, 6.07) is 5.24. The Morgan fingerprint density at radius 1 is 1.61 bits per heavy atom. The van der Waals surface area contributed by atoms with E-state index in [1.54, 1.807) is 24.1 Å². The first kappa shape index (κ1) is 12.4. The van der Waals surface area contributed by atoms with Gasteiger partial charge in [0.05, 0.1) is 5.70 Å². The minimum atomic E-state index is 0.00311. The summed E-state index contributed by atoms with van der Waals surface area (Å²) in [6.07, 6.45) is 1.11. The SMILES string of the molecule is CN1CCc2cc(OC/C(N)=C/F)ccc2C1=O. The summed E-state index contributed by atoms with van der Waals surface area (Å²) in [5.74, 6) is 0.613. The lowest BCUT2D eigenvalue weighted by molar-refractivity contribution is 0.0781. The van der Waals surface area contributed by atoms with Crippen LogP contribution in [-0.4, -0.2) is 31.0 Å². The van der Waals surface area contributed by atoms with Crippen molar-refractivity contribution in [3.63, 3.8) is 0 Å². The summed E-state index contributed by atoms with van der Waals surface area (Å²) < 4.78 is 17.4. The van der Waals surface area contributed by atoms with Crippen molar-refractivity contribution >= 4 is 5.91 Å². The number of carbonyl (C=O) groups excluding carboxylic acids is 1. The molecular formula is C13H15FN2O2. The second-order valence-electron chi connectivity index (χ2n) is 4.27. The predicted octanol–water partition coefficient (Wildman–Crippen LogP) is 1.46. The van der Waals surface area contributed by atoms with Crippen molar-refractivity contribution in [2.75, 3.05) is 20.2 Å². The molecule has 0 atom stereocenters. The van der Waals surface area contributed by atoms with Gasteiger partial charge in [-0.3, -0.25) is 4.79 Å². The lowest BCUT2D eigenvalue weighted by atomic mass is 9.99. The van der Waals surface area contributed by atoms with Crippen LogP contribution < -0.4 is 10.5 Å². The number of nitrogens with zero attached hydrogens (tertiary/aromatic N) is 1. The van der Waals surface area contributed by atoms with Crippen molar-refractivity contribution in [2.45, 2.75) is 6.42 Å². The fraction of sp³-hybridized carbons (Fsp3) is 0.308. The molecule has 1 amide bonds. The van der Waals surface area contributed by atoms with E-state index < -0.39 is 0 Å². The first-order valence-electron chi connectivity index (χ1n) is 5.67. The minimum absolute atomic E-state index is 0.00311. The van der Waals surface area contributed by atoms with Crippen LogP contribution >= 0.6 is 0 Å². The number of rotatable bonds is 3. The van der Waals surface area contributed by atoms with Crippen LogP contribution in [0.5, 0.6) is 5.75 Å². The van der Waals surface area contributed by atoms with Gasteiger partial charge >= 0.3 is 0 Å². The van der Waals surface area contributed by atoms with E-state index in [2.05, 4.69) is 0 Å². The number of hydrogen-bond donors (Lipinski definition) is 1. The topological polar surface area (TPSA) is 55.6 Å². The summed E-state index contributed by atoms with van der Waals surface area (Å²) in [7, 11) is 1.78. The Labute approximate surface area is 105 Å². The molecule has 0 bridgehead atoms. The van der Waals surface area contributed by atoms with Gasteiger partial charge in [-0.05, 0) is 30.2 Å². The number of hydrogen-bond acceptors (Lipinski definition) is 3. The summed E-state index contributed by atoms with van der Waals surface area (Å²) in [4.78, 5) is 13.5. The highest BCUT2D eigenvalue weighted by atomic mass is 19.1. The lowest BCUT2D eigenvalue weighted by Gasteiger charge is -2.25. The third kappa shape index (κ3) is 2.45. The number of ether oxygens (including phenoxy) is 1. The molecule has 5 heteroatoms. The van der Waals surface area contributed by atoms with Gasteiger partial charge in [-0.15, -0.1) is 0 Å². The number of benzene rings is 1. The zero-order valence-corrected chi connectivity index (χ0v) is 10.1. The van der Waals surface area contributed by atoms with Crippen molar-refractivity contribution in [3.8, 4) is 5.75 Å². The first-order valence-corrected chi connectivity index (χ1v) is 5.67. The van der Waals surface area contributed by atoms with E-state index in [4.69, 9.17) is 10.5 Å². The number of halogens is 1. The smallest absolute Gasteiger partial charge is 0.253 e. The van der Waals surface area contributed by atoms with Crippen molar-refractivity contribution in [1.82, 2.24) is 4.90 Å². The number of nitrogens with two attached hydrogens (primary N) is 1. The molecule has 2 rings (SSSR count). The van der Waals surface area contributed by atoms with Crippen LogP contribution in [0.15, 0.2) is 30.2 Å². The molecule has 1 aliphatic heterocycles. The Morgan fingerprint density at radius 2 is 2.39 bits per heavy atom. The van der Waals surface area contributed by atoms with Gasteiger partial charge in [0, 0.05) is 19.2 Å². The zero-order valence-electron chi connectivity index (χ0n) is 10.1. The highest BCUT2D eigenvalue weighted by molar-refractivity contribution is 5.96. The van der Waals surface area contributed by atoms with Gasteiger partial charge in [0.2, 0.25) is 0 Å². The molecular weight excluding hydrogens is 235 g/mol. The Kier molecular flexibility index (Phi) is 3.50. The normalized spacial score (nSPS) is 15.6. The van der Waals surface area contributed by atoms with Crippen LogP contribution in [0, 0.1) is 0 Å². The Morgan fingerprint density at radius 3 is 3.11 bits per heavy atom. The van der Waals surface area contributed by atoms with Gasteiger partial charge in [-0.2, -0.15) is 0 Å². The fourth-order valence-corrected chi connectivity index (χ4v) is 1.87. The van der Waals surface area contributed by atoms with E-state index >= 15 is 0 Å². The summed E-state index contributed by atoms with van der Waals surface area (Å²) >= 11 is 0. The zero-order chi connectivity index (χ0) is 13.1. The van der Waals surface area contributed by atoms with E-state index in [9.17, 15) is 9.18 Å². The molecule has 1 aliphatic rings. The second-order valence-corrected chi connectivity index (χ2v) is 4.27. The maximum atomic E-state index is 12.0. The molecule has 0 fully saturated rings. The van der Waals surface area contributed by atoms with Crippen LogP contribution in [0.4, 0.5) is 4.39 Å². The molecule has 0 radical (unpaired) electrons. The molecule has 0 saturated carbocycles. The molecule has 1 aromatic carbocycles. The predicted molar refractivity (Wildman–Crippen MR) is 66.0 cm³/mol. The molecule has 96 valence electrons. The lowest BCUT2D eigenvalue weighted by Crippen LogP contribution is -2.34. The highest BCUT2D eigenvalue weighted by Crippen LogP contribution is 2.23. The summed E-state index contributed by atoms with van der Waals surface area (Å²) in [5.41, 5.74) is 6.99. The van der Waals surface area contributed by atoms with Crippen LogP contribution in [-0.2, 0) is 6.42 Å². The number of carbonyl (C=O) groups is 1. The van der Waals surface area contributed by atoms with Crippen molar-refractivity contribution in [3.05, 3.63) is 41.4 Å². The molecule has 0 aromatic heterocycles. The van der Waals surface area contributed by atoms with E-state index in [0.29, 0.717) is 24.2 Å². The minimum Gasteiger partial charge on any atom is -0.487 e. The van der Waals surface area contributed by atoms with Crippen LogP contribution in [0.2, 0.25) is 0 Å². The van der Waals surface area contributed by atoms with Gasteiger partial charge in [0.15, 0.2) is 0 Å². The Bertz CT molecular complexity index is 500. The van der Waals surface area contributed by atoms with E-state index in [1.807, 2.05) is 6.07 Å². The average Bonchev–Trinajstić information content (AvgIpc) is 2.40. The van der Waals surface area contributed by atoms with E-state index in [1.165, 1.54) is 0 Å². The van der Waals surface area contributed by atoms with Crippen molar-refractivity contribution in [2.24, 2.45) is 5.73 Å². The standard InChI is InChI=1S/C13H15FN2O2/c1-16-5-4-9-6-11(18-8-10(15)7-14)2-3-12(9)13(16)17/h2-3,6-7H,4-5,8,15H2,1H3/b10-7-. The third-order valence-corrected chi connectivity index (χ3v) is 2.92. The summed E-state index contributed by atoms with van der Waals surface area (Å²) in [5, 5.41) is 0. The van der Waals surface area contributed by atoms with Gasteiger partial charge in [-0.25, -0.2) is 4.39 Å². The van der Waals surface area contributed by atoms with Gasteiger partial charge in [0.25, 0.3) is 5.91 Å². The Balaban J connectivity index is 2.15. The van der Waals surface area contributed by atoms with E-state index in [0.717, 1.165) is 12.0 Å². The van der Waals surface area contributed by atoms with Crippen LogP contribution in [0.1, 0.15) is 15.9 Å². The van der Waals surface area contributed by atoms with Crippen LogP contribution in [0.25, 0.3) is 0 Å². The van der Waals surface area contributed by atoms with Gasteiger partial charge in [0.1, 0.15) is 18.7 Å². The Hall–Kier alpha value is -2.04. The molecule has 0 aliphatic carbocycles. The molecule has 0 unspecified atom stereocenters. The number of amides is 1. The maximum absolute atomic E-state index is 12.0. The van der Waals surface area contributed by atoms with E-state index in [-0.39, 0.29) is 18.2 Å². The molecule has 1 aromatic rings. The quantitative estimate of drug-likeness (QED) is 0.883. The van der Waals surface area contributed by atoms with Gasteiger partial charge < -0.3 is 15.4 Å². The van der Waals surface area contributed by atoms with Crippen molar-refractivity contribution in [1.29, 1.82) is 0 Å². The average molecular weight is 250 g/mol. The highest BCUT2D eigenvalue weighted by Gasteiger charge is 2.21. The van der Waals surface area contributed by atoms with Crippen molar-refractivity contribution < 1.29 is 13.9 Å². The third-order valence-electron chi connectivity index (χ3n) is 2.92. The molecule has 2 N–H and O–H groups in total. The first-order chi connectivity index (χ1) is 8.61. The second kappa shape index (κ2) is 5.08.